The third-order valence-corrected chi connectivity index (χ3v) is 4.07. The molecule has 2 fully saturated rings. The molecule has 0 aromatic carbocycles. The van der Waals surface area contributed by atoms with E-state index in [4.69, 9.17) is 16.7 Å². The summed E-state index contributed by atoms with van der Waals surface area (Å²) in [6.07, 6.45) is 2.41. The van der Waals surface area contributed by atoms with Gasteiger partial charge in [-0.3, -0.25) is 0 Å². The van der Waals surface area contributed by atoms with E-state index >= 15 is 0 Å². The minimum absolute atomic E-state index is 0.224. The van der Waals surface area contributed by atoms with Gasteiger partial charge in [0.25, 0.3) is 0 Å². The molecule has 0 aromatic rings. The zero-order chi connectivity index (χ0) is 11.5. The quantitative estimate of drug-likeness (QED) is 0.771. The van der Waals surface area contributed by atoms with Gasteiger partial charge in [0.1, 0.15) is 0 Å². The van der Waals surface area contributed by atoms with E-state index in [1.807, 2.05) is 0 Å². The van der Waals surface area contributed by atoms with E-state index in [1.54, 1.807) is 4.90 Å². The molecular formula is C11H19ClN2O2. The highest BCUT2D eigenvalue weighted by Gasteiger charge is 2.40. The van der Waals surface area contributed by atoms with Crippen LogP contribution < -0.4 is 0 Å². The fraction of sp³-hybridized carbons (Fsp3) is 0.909. The second kappa shape index (κ2) is 5.23. The van der Waals surface area contributed by atoms with E-state index in [0.717, 1.165) is 38.9 Å². The summed E-state index contributed by atoms with van der Waals surface area (Å²) in [5.41, 5.74) is 0. The van der Waals surface area contributed by atoms with Crippen molar-refractivity contribution in [3.63, 3.8) is 0 Å². The van der Waals surface area contributed by atoms with Gasteiger partial charge in [0.15, 0.2) is 0 Å². The van der Waals surface area contributed by atoms with Gasteiger partial charge in [0.2, 0.25) is 0 Å². The summed E-state index contributed by atoms with van der Waals surface area (Å²) in [7, 11) is 0. The van der Waals surface area contributed by atoms with E-state index in [0.29, 0.717) is 18.3 Å². The Hall–Kier alpha value is -0.480. The maximum absolute atomic E-state index is 11.1. The Morgan fingerprint density at radius 1 is 1.38 bits per heavy atom. The van der Waals surface area contributed by atoms with E-state index < -0.39 is 6.09 Å². The molecule has 2 aliphatic heterocycles. The minimum atomic E-state index is -0.758. The Bertz CT molecular complexity index is 262. The molecule has 1 N–H and O–H groups in total. The highest BCUT2D eigenvalue weighted by molar-refractivity contribution is 6.17. The smallest absolute Gasteiger partial charge is 0.407 e. The first-order chi connectivity index (χ1) is 7.72. The standard InChI is InChI=1S/C11H19ClN2O2/c12-4-1-5-13-6-2-9-3-7-14(11(15)16)10(9)8-13/h9-10H,1-8H2,(H,15,16). The Kier molecular flexibility index (Phi) is 3.92. The molecule has 0 spiro atoms. The molecule has 0 saturated carbocycles. The molecule has 0 radical (unpaired) electrons. The monoisotopic (exact) mass is 246 g/mol. The van der Waals surface area contributed by atoms with Crippen LogP contribution in [0.3, 0.4) is 0 Å². The lowest BCUT2D eigenvalue weighted by Crippen LogP contribution is -2.49. The number of fused-ring (bicyclic) bond motifs is 1. The number of hydrogen-bond acceptors (Lipinski definition) is 2. The van der Waals surface area contributed by atoms with E-state index in [9.17, 15) is 4.79 Å². The van der Waals surface area contributed by atoms with E-state index in [2.05, 4.69) is 4.90 Å². The number of nitrogens with zero attached hydrogens (tertiary/aromatic N) is 2. The van der Waals surface area contributed by atoms with Gasteiger partial charge in [-0.25, -0.2) is 4.79 Å². The normalized spacial score (nSPS) is 30.4. The predicted molar refractivity (Wildman–Crippen MR) is 63.0 cm³/mol. The van der Waals surface area contributed by atoms with Crippen LogP contribution in [-0.2, 0) is 0 Å². The molecule has 4 nitrogen and oxygen atoms in total. The number of halogens is 1. The number of hydrogen-bond donors (Lipinski definition) is 1. The average Bonchev–Trinajstić information content (AvgIpc) is 2.69. The lowest BCUT2D eigenvalue weighted by Gasteiger charge is -2.37. The van der Waals surface area contributed by atoms with Crippen LogP contribution in [-0.4, -0.2) is 59.1 Å². The molecule has 2 saturated heterocycles. The van der Waals surface area contributed by atoms with Crippen molar-refractivity contribution in [3.05, 3.63) is 0 Å². The average molecular weight is 247 g/mol. The van der Waals surface area contributed by atoms with Gasteiger partial charge in [-0.1, -0.05) is 0 Å². The van der Waals surface area contributed by atoms with Crippen LogP contribution in [0.15, 0.2) is 0 Å². The molecule has 2 rings (SSSR count). The first-order valence-electron chi connectivity index (χ1n) is 6.00. The Labute approximate surface area is 101 Å². The fourth-order valence-corrected chi connectivity index (χ4v) is 3.05. The van der Waals surface area contributed by atoms with Gasteiger partial charge in [-0.05, 0) is 38.3 Å². The lowest BCUT2D eigenvalue weighted by atomic mass is 9.92. The number of amides is 1. The van der Waals surface area contributed by atoms with Gasteiger partial charge in [0.05, 0.1) is 6.04 Å². The Morgan fingerprint density at radius 3 is 2.81 bits per heavy atom. The van der Waals surface area contributed by atoms with Crippen molar-refractivity contribution >= 4 is 17.7 Å². The molecule has 2 heterocycles. The van der Waals surface area contributed by atoms with Crippen LogP contribution in [0.25, 0.3) is 0 Å². The van der Waals surface area contributed by atoms with Crippen molar-refractivity contribution in [2.24, 2.45) is 5.92 Å². The number of likely N-dealkylation sites (tertiary alicyclic amines) is 2. The molecule has 0 aromatic heterocycles. The number of rotatable bonds is 3. The topological polar surface area (TPSA) is 43.8 Å². The lowest BCUT2D eigenvalue weighted by molar-refractivity contribution is 0.0919. The summed E-state index contributed by atoms with van der Waals surface area (Å²) in [5.74, 6) is 1.27. The molecule has 2 aliphatic rings. The van der Waals surface area contributed by atoms with Crippen LogP contribution >= 0.6 is 11.6 Å². The molecule has 2 atom stereocenters. The van der Waals surface area contributed by atoms with Gasteiger partial charge in [0, 0.05) is 19.0 Å². The van der Waals surface area contributed by atoms with Crippen LogP contribution in [0.1, 0.15) is 19.3 Å². The van der Waals surface area contributed by atoms with Gasteiger partial charge in [-0.2, -0.15) is 0 Å². The third kappa shape index (κ3) is 2.43. The molecule has 1 amide bonds. The first-order valence-corrected chi connectivity index (χ1v) is 6.53. The predicted octanol–water partition coefficient (Wildman–Crippen LogP) is 1.69. The molecule has 0 bridgehead atoms. The number of carboxylic acid groups (broad SMARTS) is 1. The number of alkyl halides is 1. The third-order valence-electron chi connectivity index (χ3n) is 3.80. The SMILES string of the molecule is O=C(O)N1CCC2CCN(CCCCl)CC21. The highest BCUT2D eigenvalue weighted by Crippen LogP contribution is 2.31. The summed E-state index contributed by atoms with van der Waals surface area (Å²) in [6, 6.07) is 0.224. The number of carbonyl (C=O) groups is 1. The van der Waals surface area contributed by atoms with Crippen molar-refractivity contribution in [3.8, 4) is 0 Å². The summed E-state index contributed by atoms with van der Waals surface area (Å²) in [5, 5.41) is 9.10. The maximum atomic E-state index is 11.1. The van der Waals surface area contributed by atoms with Crippen molar-refractivity contribution < 1.29 is 9.90 Å². The Balaban J connectivity index is 1.91. The van der Waals surface area contributed by atoms with Crippen LogP contribution in [0, 0.1) is 5.92 Å². The second-order valence-corrected chi connectivity index (χ2v) is 5.10. The van der Waals surface area contributed by atoms with Gasteiger partial charge >= 0.3 is 6.09 Å². The van der Waals surface area contributed by atoms with Crippen molar-refractivity contribution in [1.29, 1.82) is 0 Å². The largest absolute Gasteiger partial charge is 0.465 e. The number of piperidine rings is 1. The Morgan fingerprint density at radius 2 is 2.12 bits per heavy atom. The highest BCUT2D eigenvalue weighted by atomic mass is 35.5. The summed E-state index contributed by atoms with van der Waals surface area (Å²) in [4.78, 5) is 15.0. The van der Waals surface area contributed by atoms with Crippen molar-refractivity contribution in [1.82, 2.24) is 9.80 Å². The summed E-state index contributed by atoms with van der Waals surface area (Å²) >= 11 is 5.68. The van der Waals surface area contributed by atoms with E-state index in [1.165, 1.54) is 0 Å². The second-order valence-electron chi connectivity index (χ2n) is 4.72. The minimum Gasteiger partial charge on any atom is -0.465 e. The molecule has 16 heavy (non-hydrogen) atoms. The molecule has 0 aliphatic carbocycles. The molecule has 92 valence electrons. The zero-order valence-corrected chi connectivity index (χ0v) is 10.2. The summed E-state index contributed by atoms with van der Waals surface area (Å²) in [6.45, 7) is 3.72. The maximum Gasteiger partial charge on any atom is 0.407 e. The van der Waals surface area contributed by atoms with Gasteiger partial charge < -0.3 is 14.9 Å². The van der Waals surface area contributed by atoms with Crippen LogP contribution in [0.5, 0.6) is 0 Å². The molecular weight excluding hydrogens is 228 g/mol. The van der Waals surface area contributed by atoms with Crippen LogP contribution in [0.2, 0.25) is 0 Å². The van der Waals surface area contributed by atoms with Crippen LogP contribution in [0.4, 0.5) is 4.79 Å². The van der Waals surface area contributed by atoms with E-state index in [-0.39, 0.29) is 6.04 Å². The summed E-state index contributed by atoms with van der Waals surface area (Å²) < 4.78 is 0. The fourth-order valence-electron chi connectivity index (χ4n) is 2.93. The van der Waals surface area contributed by atoms with Crippen molar-refractivity contribution in [2.45, 2.75) is 25.3 Å². The molecule has 2 unspecified atom stereocenters. The molecule has 5 heteroatoms. The first kappa shape index (κ1) is 12.0. The van der Waals surface area contributed by atoms with Gasteiger partial charge in [-0.15, -0.1) is 11.6 Å². The zero-order valence-electron chi connectivity index (χ0n) is 9.44. The van der Waals surface area contributed by atoms with Crippen molar-refractivity contribution in [2.75, 3.05) is 32.1 Å².